The largest absolute Gasteiger partial charge is 0.338 e. The van der Waals surface area contributed by atoms with Gasteiger partial charge in [-0.05, 0) is 46.5 Å². The van der Waals surface area contributed by atoms with Gasteiger partial charge in [0.15, 0.2) is 0 Å². The topological polar surface area (TPSA) is 20.3 Å². The van der Waals surface area contributed by atoms with E-state index in [2.05, 4.69) is 31.9 Å². The normalized spacial score (nSPS) is 19.7. The summed E-state index contributed by atoms with van der Waals surface area (Å²) >= 11 is 12.6. The molecule has 2 rings (SSSR count). The molecular weight excluding hydrogens is 369 g/mol. The summed E-state index contributed by atoms with van der Waals surface area (Å²) in [6, 6.07) is 5.61. The van der Waals surface area contributed by atoms with Crippen LogP contribution in [0.15, 0.2) is 27.1 Å². The third kappa shape index (κ3) is 3.04. The molecule has 0 spiro atoms. The van der Waals surface area contributed by atoms with E-state index < -0.39 is 0 Å². The molecule has 1 aromatic rings. The summed E-state index contributed by atoms with van der Waals surface area (Å²) < 4.78 is 1.78. The maximum atomic E-state index is 12.3. The SMILES string of the molecule is O=C(c1ccc(Br)cc1Br)N1CCC(CCl)C1. The van der Waals surface area contributed by atoms with Crippen LogP contribution in [0.3, 0.4) is 0 Å². The third-order valence-electron chi connectivity index (χ3n) is 2.95. The standard InChI is InChI=1S/C12H12Br2ClNO/c13-9-1-2-10(11(14)5-9)12(17)16-4-3-8(6-15)7-16/h1-2,5,8H,3-4,6-7H2. The molecular formula is C12H12Br2ClNO. The number of hydrogen-bond acceptors (Lipinski definition) is 1. The van der Waals surface area contributed by atoms with Crippen molar-refractivity contribution >= 4 is 49.4 Å². The average molecular weight is 381 g/mol. The van der Waals surface area contributed by atoms with Gasteiger partial charge in [0, 0.05) is 27.9 Å². The lowest BCUT2D eigenvalue weighted by Gasteiger charge is -2.17. The monoisotopic (exact) mass is 379 g/mol. The highest BCUT2D eigenvalue weighted by Gasteiger charge is 2.27. The van der Waals surface area contributed by atoms with Crippen LogP contribution in [-0.4, -0.2) is 29.8 Å². The number of hydrogen-bond donors (Lipinski definition) is 0. The van der Waals surface area contributed by atoms with Crippen LogP contribution in [0.1, 0.15) is 16.8 Å². The molecule has 17 heavy (non-hydrogen) atoms. The van der Waals surface area contributed by atoms with Crippen molar-refractivity contribution in [2.24, 2.45) is 5.92 Å². The Morgan fingerprint density at radius 3 is 2.82 bits per heavy atom. The predicted octanol–water partition coefficient (Wildman–Crippen LogP) is 3.91. The number of nitrogens with zero attached hydrogens (tertiary/aromatic N) is 1. The first-order valence-electron chi connectivity index (χ1n) is 5.42. The summed E-state index contributed by atoms with van der Waals surface area (Å²) in [6.07, 6.45) is 1.00. The van der Waals surface area contributed by atoms with Crippen molar-refractivity contribution in [3.05, 3.63) is 32.7 Å². The fourth-order valence-electron chi connectivity index (χ4n) is 1.98. The van der Waals surface area contributed by atoms with Gasteiger partial charge in [0.05, 0.1) is 5.56 Å². The molecule has 1 aliphatic heterocycles. The van der Waals surface area contributed by atoms with E-state index in [-0.39, 0.29) is 5.91 Å². The van der Waals surface area contributed by atoms with E-state index in [4.69, 9.17) is 11.6 Å². The first kappa shape index (κ1) is 13.4. The minimum atomic E-state index is 0.0805. The number of amides is 1. The minimum Gasteiger partial charge on any atom is -0.338 e. The zero-order chi connectivity index (χ0) is 12.4. The smallest absolute Gasteiger partial charge is 0.255 e. The van der Waals surface area contributed by atoms with Crippen molar-refractivity contribution in [2.75, 3.05) is 19.0 Å². The Kier molecular flexibility index (Phi) is 4.50. The molecule has 1 aliphatic rings. The Labute approximate surface area is 123 Å². The number of carbonyl (C=O) groups excluding carboxylic acids is 1. The Bertz CT molecular complexity index is 439. The molecule has 0 aliphatic carbocycles. The molecule has 1 aromatic carbocycles. The maximum absolute atomic E-state index is 12.3. The second-order valence-corrected chi connectivity index (χ2v) is 6.26. The highest BCUT2D eigenvalue weighted by Crippen LogP contribution is 2.26. The molecule has 92 valence electrons. The number of alkyl halides is 1. The zero-order valence-corrected chi connectivity index (χ0v) is 13.1. The van der Waals surface area contributed by atoms with Crippen LogP contribution in [0.25, 0.3) is 0 Å². The lowest BCUT2D eigenvalue weighted by molar-refractivity contribution is 0.0787. The minimum absolute atomic E-state index is 0.0805. The van der Waals surface area contributed by atoms with E-state index >= 15 is 0 Å². The molecule has 0 bridgehead atoms. The van der Waals surface area contributed by atoms with Crippen molar-refractivity contribution in [1.29, 1.82) is 0 Å². The van der Waals surface area contributed by atoms with Gasteiger partial charge in [-0.15, -0.1) is 11.6 Å². The molecule has 1 fully saturated rings. The molecule has 1 saturated heterocycles. The van der Waals surface area contributed by atoms with Gasteiger partial charge in [0.25, 0.3) is 5.91 Å². The number of rotatable bonds is 2. The second-order valence-electron chi connectivity index (χ2n) is 4.18. The first-order valence-corrected chi connectivity index (χ1v) is 7.54. The average Bonchev–Trinajstić information content (AvgIpc) is 2.76. The van der Waals surface area contributed by atoms with Crippen LogP contribution in [0, 0.1) is 5.92 Å². The van der Waals surface area contributed by atoms with Crippen molar-refractivity contribution < 1.29 is 4.79 Å². The fourth-order valence-corrected chi connectivity index (χ4v) is 3.44. The van der Waals surface area contributed by atoms with Crippen molar-refractivity contribution in [1.82, 2.24) is 4.90 Å². The number of benzene rings is 1. The number of halogens is 3. The predicted molar refractivity (Wildman–Crippen MR) is 76.6 cm³/mol. The van der Waals surface area contributed by atoms with Gasteiger partial charge < -0.3 is 4.90 Å². The maximum Gasteiger partial charge on any atom is 0.255 e. The van der Waals surface area contributed by atoms with E-state index in [1.54, 1.807) is 0 Å². The molecule has 1 amide bonds. The first-order chi connectivity index (χ1) is 8.11. The fraction of sp³-hybridized carbons (Fsp3) is 0.417. The lowest BCUT2D eigenvalue weighted by Crippen LogP contribution is -2.29. The second kappa shape index (κ2) is 5.72. The van der Waals surface area contributed by atoms with E-state index in [1.807, 2.05) is 23.1 Å². The number of likely N-dealkylation sites (tertiary alicyclic amines) is 1. The van der Waals surface area contributed by atoms with Gasteiger partial charge in [0.1, 0.15) is 0 Å². The van der Waals surface area contributed by atoms with Crippen LogP contribution < -0.4 is 0 Å². The van der Waals surface area contributed by atoms with E-state index in [9.17, 15) is 4.79 Å². The van der Waals surface area contributed by atoms with Crippen LogP contribution >= 0.6 is 43.5 Å². The quantitative estimate of drug-likeness (QED) is 0.712. The van der Waals surface area contributed by atoms with Gasteiger partial charge in [-0.3, -0.25) is 4.79 Å². The van der Waals surface area contributed by atoms with Gasteiger partial charge in [-0.25, -0.2) is 0 Å². The summed E-state index contributed by atoms with van der Waals surface area (Å²) in [7, 11) is 0. The Hall–Kier alpha value is -0.0600. The summed E-state index contributed by atoms with van der Waals surface area (Å²) in [5.74, 6) is 1.15. The molecule has 5 heteroatoms. The van der Waals surface area contributed by atoms with Crippen LogP contribution in [0.5, 0.6) is 0 Å². The van der Waals surface area contributed by atoms with Crippen molar-refractivity contribution in [3.63, 3.8) is 0 Å². The van der Waals surface area contributed by atoms with E-state index in [0.29, 0.717) is 17.4 Å². The molecule has 1 atom stereocenters. The summed E-state index contributed by atoms with van der Waals surface area (Å²) in [6.45, 7) is 1.57. The van der Waals surface area contributed by atoms with Crippen LogP contribution in [0.4, 0.5) is 0 Å². The Morgan fingerprint density at radius 1 is 1.47 bits per heavy atom. The molecule has 0 saturated carbocycles. The van der Waals surface area contributed by atoms with Crippen molar-refractivity contribution in [2.45, 2.75) is 6.42 Å². The number of carbonyl (C=O) groups is 1. The van der Waals surface area contributed by atoms with Gasteiger partial charge >= 0.3 is 0 Å². The Balaban J connectivity index is 2.15. The summed E-state index contributed by atoms with van der Waals surface area (Å²) in [4.78, 5) is 14.2. The Morgan fingerprint density at radius 2 is 2.24 bits per heavy atom. The highest BCUT2D eigenvalue weighted by atomic mass is 79.9. The summed E-state index contributed by atoms with van der Waals surface area (Å²) in [5.41, 5.74) is 0.712. The van der Waals surface area contributed by atoms with Crippen molar-refractivity contribution in [3.8, 4) is 0 Å². The van der Waals surface area contributed by atoms with Crippen LogP contribution in [-0.2, 0) is 0 Å². The van der Waals surface area contributed by atoms with E-state index in [1.165, 1.54) is 0 Å². The highest BCUT2D eigenvalue weighted by molar-refractivity contribution is 9.11. The van der Waals surface area contributed by atoms with E-state index in [0.717, 1.165) is 28.5 Å². The summed E-state index contributed by atoms with van der Waals surface area (Å²) in [5, 5.41) is 0. The molecule has 1 heterocycles. The zero-order valence-electron chi connectivity index (χ0n) is 9.13. The van der Waals surface area contributed by atoms with Gasteiger partial charge in [-0.2, -0.15) is 0 Å². The molecule has 2 nitrogen and oxygen atoms in total. The third-order valence-corrected chi connectivity index (χ3v) is 4.54. The molecule has 1 unspecified atom stereocenters. The molecule has 0 radical (unpaired) electrons. The van der Waals surface area contributed by atoms with Gasteiger partial charge in [0.2, 0.25) is 0 Å². The lowest BCUT2D eigenvalue weighted by atomic mass is 10.1. The molecule has 0 aromatic heterocycles. The molecule has 0 N–H and O–H groups in total. The van der Waals surface area contributed by atoms with Crippen LogP contribution in [0.2, 0.25) is 0 Å². The van der Waals surface area contributed by atoms with Gasteiger partial charge in [-0.1, -0.05) is 15.9 Å².